The fraction of sp³-hybridized carbons (Fsp3) is 0.250. The Balaban J connectivity index is 3.01. The number of carbonyl (C=O) groups is 3. The third kappa shape index (κ3) is 4.65. The van der Waals surface area contributed by atoms with E-state index in [0.29, 0.717) is 5.56 Å². The minimum Gasteiger partial charge on any atom is -0.481 e. The molecule has 1 aromatic rings. The van der Waals surface area contributed by atoms with Crippen molar-refractivity contribution in [2.45, 2.75) is 24.3 Å². The zero-order valence-corrected chi connectivity index (χ0v) is 11.8. The maximum absolute atomic E-state index is 12.0. The second-order valence-corrected chi connectivity index (χ2v) is 5.90. The highest BCUT2D eigenvalue weighted by Crippen LogP contribution is 2.12. The van der Waals surface area contributed by atoms with Crippen LogP contribution in [0.3, 0.4) is 0 Å². The SMILES string of the molecule is CC(=O)c1ccc(S(=O)(=O)N[C@@H](CC(=O)O)C(=O)O)cc1. The van der Waals surface area contributed by atoms with E-state index in [9.17, 15) is 22.8 Å². The van der Waals surface area contributed by atoms with Gasteiger partial charge in [0.15, 0.2) is 5.78 Å². The summed E-state index contributed by atoms with van der Waals surface area (Å²) in [5.74, 6) is -3.29. The highest BCUT2D eigenvalue weighted by molar-refractivity contribution is 7.89. The molecule has 0 amide bonds. The molecule has 0 bridgehead atoms. The maximum atomic E-state index is 12.0. The standard InChI is InChI=1S/C12H13NO7S/c1-7(14)8-2-4-9(5-3-8)21(19,20)13-10(12(17)18)6-11(15)16/h2-5,10,13H,6H2,1H3,(H,15,16)(H,17,18)/t10-/m0/s1. The molecule has 114 valence electrons. The molecule has 0 saturated carbocycles. The summed E-state index contributed by atoms with van der Waals surface area (Å²) in [6.07, 6.45) is -0.889. The van der Waals surface area contributed by atoms with Gasteiger partial charge >= 0.3 is 11.9 Å². The van der Waals surface area contributed by atoms with E-state index in [0.717, 1.165) is 12.1 Å². The molecule has 0 radical (unpaired) electrons. The lowest BCUT2D eigenvalue weighted by atomic mass is 10.2. The number of benzene rings is 1. The van der Waals surface area contributed by atoms with Crippen molar-refractivity contribution in [3.8, 4) is 0 Å². The lowest BCUT2D eigenvalue weighted by molar-refractivity contribution is -0.145. The average molecular weight is 315 g/mol. The van der Waals surface area contributed by atoms with Crippen molar-refractivity contribution in [2.75, 3.05) is 0 Å². The number of carboxylic acid groups (broad SMARTS) is 2. The third-order valence-corrected chi connectivity index (χ3v) is 4.03. The first-order valence-corrected chi connectivity index (χ1v) is 7.19. The van der Waals surface area contributed by atoms with Crippen molar-refractivity contribution < 1.29 is 33.0 Å². The summed E-state index contributed by atoms with van der Waals surface area (Å²) in [6.45, 7) is 1.31. The summed E-state index contributed by atoms with van der Waals surface area (Å²) >= 11 is 0. The zero-order valence-electron chi connectivity index (χ0n) is 10.9. The molecule has 9 heteroatoms. The largest absolute Gasteiger partial charge is 0.481 e. The van der Waals surface area contributed by atoms with Crippen LogP contribution in [0.5, 0.6) is 0 Å². The molecule has 0 fully saturated rings. The van der Waals surface area contributed by atoms with Gasteiger partial charge in [0.05, 0.1) is 11.3 Å². The van der Waals surface area contributed by atoms with E-state index >= 15 is 0 Å². The van der Waals surface area contributed by atoms with Gasteiger partial charge in [-0.3, -0.25) is 14.4 Å². The van der Waals surface area contributed by atoms with Crippen molar-refractivity contribution in [3.05, 3.63) is 29.8 Å². The highest BCUT2D eigenvalue weighted by atomic mass is 32.2. The number of sulfonamides is 1. The molecule has 1 atom stereocenters. The summed E-state index contributed by atoms with van der Waals surface area (Å²) in [5.41, 5.74) is 0.300. The van der Waals surface area contributed by atoms with Gasteiger partial charge in [0.1, 0.15) is 6.04 Å². The number of hydrogen-bond acceptors (Lipinski definition) is 5. The lowest BCUT2D eigenvalue weighted by Crippen LogP contribution is -2.42. The van der Waals surface area contributed by atoms with Gasteiger partial charge in [-0.1, -0.05) is 12.1 Å². The van der Waals surface area contributed by atoms with Crippen LogP contribution in [-0.2, 0) is 19.6 Å². The molecule has 0 aliphatic carbocycles. The van der Waals surface area contributed by atoms with Gasteiger partial charge in [-0.05, 0) is 19.1 Å². The van der Waals surface area contributed by atoms with Crippen LogP contribution in [0.2, 0.25) is 0 Å². The molecule has 0 aliphatic rings. The smallest absolute Gasteiger partial charge is 0.322 e. The number of nitrogens with one attached hydrogen (secondary N) is 1. The molecule has 0 spiro atoms. The lowest BCUT2D eigenvalue weighted by Gasteiger charge is -2.13. The maximum Gasteiger partial charge on any atom is 0.322 e. The van der Waals surface area contributed by atoms with Crippen molar-refractivity contribution in [2.24, 2.45) is 0 Å². The molecule has 1 aromatic carbocycles. The number of aliphatic carboxylic acids is 2. The Morgan fingerprint density at radius 3 is 2.05 bits per heavy atom. The Morgan fingerprint density at radius 2 is 1.67 bits per heavy atom. The van der Waals surface area contributed by atoms with E-state index in [1.807, 2.05) is 0 Å². The Morgan fingerprint density at radius 1 is 1.14 bits per heavy atom. The van der Waals surface area contributed by atoms with Crippen LogP contribution in [-0.4, -0.2) is 42.4 Å². The zero-order chi connectivity index (χ0) is 16.2. The van der Waals surface area contributed by atoms with Gasteiger partial charge in [0, 0.05) is 5.56 Å². The molecule has 21 heavy (non-hydrogen) atoms. The van der Waals surface area contributed by atoms with Gasteiger partial charge in [0.2, 0.25) is 10.0 Å². The number of ketones is 1. The first-order chi connectivity index (χ1) is 9.63. The Bertz CT molecular complexity index is 663. The Kier molecular flexibility index (Phi) is 5.17. The molecule has 0 heterocycles. The molecule has 0 aliphatic heterocycles. The molecule has 3 N–H and O–H groups in total. The van der Waals surface area contributed by atoms with Crippen LogP contribution in [0.1, 0.15) is 23.7 Å². The summed E-state index contributed by atoms with van der Waals surface area (Å²) in [7, 11) is -4.20. The number of hydrogen-bond donors (Lipinski definition) is 3. The van der Waals surface area contributed by atoms with Crippen molar-refractivity contribution in [3.63, 3.8) is 0 Å². The van der Waals surface area contributed by atoms with Crippen LogP contribution >= 0.6 is 0 Å². The van der Waals surface area contributed by atoms with Crippen LogP contribution in [0, 0.1) is 0 Å². The highest BCUT2D eigenvalue weighted by Gasteiger charge is 2.27. The predicted molar refractivity (Wildman–Crippen MR) is 70.4 cm³/mol. The molecule has 0 aromatic heterocycles. The van der Waals surface area contributed by atoms with Gasteiger partial charge < -0.3 is 10.2 Å². The van der Waals surface area contributed by atoms with Crippen LogP contribution in [0.4, 0.5) is 0 Å². The van der Waals surface area contributed by atoms with E-state index in [1.54, 1.807) is 4.72 Å². The number of carbonyl (C=O) groups excluding carboxylic acids is 1. The predicted octanol–water partition coefficient (Wildman–Crippen LogP) is 0.0954. The molecule has 0 unspecified atom stereocenters. The minimum atomic E-state index is -4.20. The topological polar surface area (TPSA) is 138 Å². The van der Waals surface area contributed by atoms with E-state index in [4.69, 9.17) is 10.2 Å². The summed E-state index contributed by atoms with van der Waals surface area (Å²) in [6, 6.07) is 3.06. The average Bonchev–Trinajstić information content (AvgIpc) is 2.37. The molecular weight excluding hydrogens is 302 g/mol. The molecule has 1 rings (SSSR count). The summed E-state index contributed by atoms with van der Waals surface area (Å²) in [4.78, 5) is 32.2. The second kappa shape index (κ2) is 6.46. The number of carboxylic acids is 2. The van der Waals surface area contributed by atoms with E-state index in [1.165, 1.54) is 19.1 Å². The van der Waals surface area contributed by atoms with Crippen molar-refractivity contribution in [1.29, 1.82) is 0 Å². The van der Waals surface area contributed by atoms with Gasteiger partial charge in [-0.25, -0.2) is 8.42 Å². The first kappa shape index (κ1) is 16.8. The van der Waals surface area contributed by atoms with Crippen molar-refractivity contribution in [1.82, 2.24) is 4.72 Å². The van der Waals surface area contributed by atoms with Gasteiger partial charge in [0.25, 0.3) is 0 Å². The van der Waals surface area contributed by atoms with Crippen LogP contribution in [0.25, 0.3) is 0 Å². The fourth-order valence-corrected chi connectivity index (χ4v) is 2.67. The summed E-state index contributed by atoms with van der Waals surface area (Å²) in [5, 5.41) is 17.4. The van der Waals surface area contributed by atoms with Crippen LogP contribution < -0.4 is 4.72 Å². The van der Waals surface area contributed by atoms with Crippen molar-refractivity contribution >= 4 is 27.7 Å². The fourth-order valence-electron chi connectivity index (χ4n) is 1.48. The number of Topliss-reactive ketones (excluding diaryl/α,β-unsaturated/α-hetero) is 1. The molecule has 0 saturated heterocycles. The van der Waals surface area contributed by atoms with Gasteiger partial charge in [-0.2, -0.15) is 4.72 Å². The van der Waals surface area contributed by atoms with E-state index in [-0.39, 0.29) is 10.7 Å². The van der Waals surface area contributed by atoms with E-state index < -0.39 is 34.4 Å². The minimum absolute atomic E-state index is 0.249. The Labute approximate surface area is 120 Å². The molecule has 8 nitrogen and oxygen atoms in total. The van der Waals surface area contributed by atoms with E-state index in [2.05, 4.69) is 0 Å². The van der Waals surface area contributed by atoms with Crippen LogP contribution in [0.15, 0.2) is 29.2 Å². The van der Waals surface area contributed by atoms with Gasteiger partial charge in [-0.15, -0.1) is 0 Å². The normalized spacial score (nSPS) is 12.6. The second-order valence-electron chi connectivity index (χ2n) is 4.19. The quantitative estimate of drug-likeness (QED) is 0.606. The number of rotatable bonds is 7. The molecular formula is C12H13NO7S. The third-order valence-electron chi connectivity index (χ3n) is 2.55. The Hall–Kier alpha value is -2.26. The first-order valence-electron chi connectivity index (χ1n) is 5.71. The summed E-state index contributed by atoms with van der Waals surface area (Å²) < 4.78 is 25.7. The monoisotopic (exact) mass is 315 g/mol.